The first-order valence-corrected chi connectivity index (χ1v) is 10.3. The number of guanidine groups is 1. The van der Waals surface area contributed by atoms with Gasteiger partial charge in [0.1, 0.15) is 0 Å². The monoisotopic (exact) mass is 352 g/mol. The second-order valence-corrected chi connectivity index (χ2v) is 8.43. The fraction of sp³-hybridized carbons (Fsp3) is 0.950. The van der Waals surface area contributed by atoms with Crippen molar-refractivity contribution in [2.45, 2.75) is 70.9 Å². The summed E-state index contributed by atoms with van der Waals surface area (Å²) < 4.78 is 5.57. The number of nitrogens with zero attached hydrogens (tertiary/aromatic N) is 2. The molecule has 1 saturated carbocycles. The maximum absolute atomic E-state index is 5.57. The highest BCUT2D eigenvalue weighted by Crippen LogP contribution is 2.30. The third-order valence-corrected chi connectivity index (χ3v) is 6.30. The van der Waals surface area contributed by atoms with Gasteiger partial charge in [0.25, 0.3) is 0 Å². The number of hydrogen-bond donors (Lipinski definition) is 2. The third-order valence-electron chi connectivity index (χ3n) is 6.30. The fourth-order valence-electron chi connectivity index (χ4n) is 4.17. The van der Waals surface area contributed by atoms with Crippen molar-refractivity contribution in [2.75, 3.05) is 40.4 Å². The van der Waals surface area contributed by atoms with Gasteiger partial charge in [-0.25, -0.2) is 0 Å². The highest BCUT2D eigenvalue weighted by Gasteiger charge is 2.34. The van der Waals surface area contributed by atoms with Crippen molar-refractivity contribution in [3.63, 3.8) is 0 Å². The Balaban J connectivity index is 1.93. The minimum absolute atomic E-state index is 0.135. The van der Waals surface area contributed by atoms with Crippen LogP contribution in [0.5, 0.6) is 0 Å². The van der Waals surface area contributed by atoms with Gasteiger partial charge in [-0.05, 0) is 71.4 Å². The SMILES string of the molecule is CCNC(=NCC1(N(C)C)CCOCC1)NC1CCC(C(C)C)CC1. The van der Waals surface area contributed by atoms with Gasteiger partial charge in [0, 0.05) is 31.3 Å². The van der Waals surface area contributed by atoms with Gasteiger partial charge in [0.15, 0.2) is 5.96 Å². The van der Waals surface area contributed by atoms with Crippen LogP contribution in [0.4, 0.5) is 0 Å². The van der Waals surface area contributed by atoms with Gasteiger partial charge in [-0.1, -0.05) is 13.8 Å². The summed E-state index contributed by atoms with van der Waals surface area (Å²) >= 11 is 0. The zero-order chi connectivity index (χ0) is 18.3. The Labute approximate surface area is 155 Å². The van der Waals surface area contributed by atoms with Crippen LogP contribution in [-0.4, -0.2) is 62.8 Å². The fourth-order valence-corrected chi connectivity index (χ4v) is 4.17. The molecule has 0 unspecified atom stereocenters. The molecule has 146 valence electrons. The Kier molecular flexibility index (Phi) is 8.01. The maximum atomic E-state index is 5.57. The van der Waals surface area contributed by atoms with Crippen LogP contribution in [0.15, 0.2) is 4.99 Å². The van der Waals surface area contributed by atoms with Crippen LogP contribution >= 0.6 is 0 Å². The van der Waals surface area contributed by atoms with Crippen LogP contribution in [0.25, 0.3) is 0 Å². The van der Waals surface area contributed by atoms with Crippen molar-refractivity contribution in [3.8, 4) is 0 Å². The predicted octanol–water partition coefficient (Wildman–Crippen LogP) is 2.87. The molecule has 0 radical (unpaired) electrons. The molecule has 0 spiro atoms. The average molecular weight is 353 g/mol. The van der Waals surface area contributed by atoms with Crippen LogP contribution in [0.3, 0.4) is 0 Å². The van der Waals surface area contributed by atoms with Crippen molar-refractivity contribution >= 4 is 5.96 Å². The number of hydrogen-bond acceptors (Lipinski definition) is 3. The van der Waals surface area contributed by atoms with E-state index in [1.807, 2.05) is 0 Å². The lowest BCUT2D eigenvalue weighted by Gasteiger charge is -2.42. The normalized spacial score (nSPS) is 27.6. The lowest BCUT2D eigenvalue weighted by atomic mass is 9.80. The molecule has 0 atom stereocenters. The third kappa shape index (κ3) is 5.85. The van der Waals surface area contributed by atoms with E-state index >= 15 is 0 Å². The molecule has 1 heterocycles. The lowest BCUT2D eigenvalue weighted by molar-refractivity contribution is -0.00256. The summed E-state index contributed by atoms with van der Waals surface area (Å²) in [4.78, 5) is 7.32. The number of ether oxygens (including phenoxy) is 1. The van der Waals surface area contributed by atoms with Gasteiger partial charge < -0.3 is 20.3 Å². The Hall–Kier alpha value is -0.810. The number of nitrogens with one attached hydrogen (secondary N) is 2. The highest BCUT2D eigenvalue weighted by molar-refractivity contribution is 5.80. The largest absolute Gasteiger partial charge is 0.381 e. The van der Waals surface area contributed by atoms with Gasteiger partial charge in [-0.3, -0.25) is 4.99 Å². The second kappa shape index (κ2) is 9.77. The molecule has 0 aromatic rings. The molecule has 0 aromatic carbocycles. The van der Waals surface area contributed by atoms with E-state index in [1.54, 1.807) is 0 Å². The Morgan fingerprint density at radius 2 is 1.80 bits per heavy atom. The van der Waals surface area contributed by atoms with E-state index in [4.69, 9.17) is 9.73 Å². The summed E-state index contributed by atoms with van der Waals surface area (Å²) in [6.07, 6.45) is 7.33. The summed E-state index contributed by atoms with van der Waals surface area (Å²) in [5, 5.41) is 7.15. The maximum Gasteiger partial charge on any atom is 0.191 e. The molecule has 0 amide bonds. The zero-order valence-electron chi connectivity index (χ0n) is 17.1. The molecule has 25 heavy (non-hydrogen) atoms. The van der Waals surface area contributed by atoms with Crippen LogP contribution in [0, 0.1) is 11.8 Å². The number of rotatable bonds is 6. The molecular formula is C20H40N4O. The van der Waals surface area contributed by atoms with Crippen LogP contribution in [-0.2, 0) is 4.74 Å². The Morgan fingerprint density at radius 3 is 2.32 bits per heavy atom. The molecule has 5 nitrogen and oxygen atoms in total. The first-order valence-electron chi connectivity index (χ1n) is 10.3. The topological polar surface area (TPSA) is 48.9 Å². The molecule has 0 bridgehead atoms. The minimum Gasteiger partial charge on any atom is -0.381 e. The summed E-state index contributed by atoms with van der Waals surface area (Å²) in [7, 11) is 4.35. The van der Waals surface area contributed by atoms with E-state index in [2.05, 4.69) is 50.4 Å². The lowest BCUT2D eigenvalue weighted by Crippen LogP contribution is -2.52. The standard InChI is InChI=1S/C20H40N4O/c1-6-21-19(23-18-9-7-17(8-10-18)16(2)3)22-15-20(24(4)5)11-13-25-14-12-20/h16-18H,6-15H2,1-5H3,(H2,21,22,23). The van der Waals surface area contributed by atoms with Gasteiger partial charge in [0.05, 0.1) is 6.54 Å². The molecule has 2 N–H and O–H groups in total. The zero-order valence-corrected chi connectivity index (χ0v) is 17.1. The molecule has 2 fully saturated rings. The molecular weight excluding hydrogens is 312 g/mol. The summed E-state index contributed by atoms with van der Waals surface area (Å²) in [5.41, 5.74) is 0.135. The average Bonchev–Trinajstić information content (AvgIpc) is 2.61. The van der Waals surface area contributed by atoms with E-state index in [0.29, 0.717) is 6.04 Å². The van der Waals surface area contributed by atoms with E-state index in [9.17, 15) is 0 Å². The van der Waals surface area contributed by atoms with Gasteiger partial charge >= 0.3 is 0 Å². The molecule has 2 aliphatic rings. The summed E-state index contributed by atoms with van der Waals surface area (Å²) in [6, 6.07) is 0.567. The smallest absolute Gasteiger partial charge is 0.191 e. The molecule has 1 aliphatic carbocycles. The minimum atomic E-state index is 0.135. The quantitative estimate of drug-likeness (QED) is 0.570. The first-order chi connectivity index (χ1) is 12.0. The van der Waals surface area contributed by atoms with Gasteiger partial charge in [0.2, 0.25) is 0 Å². The first kappa shape index (κ1) is 20.5. The Morgan fingerprint density at radius 1 is 1.16 bits per heavy atom. The molecule has 1 aliphatic heterocycles. The van der Waals surface area contributed by atoms with Crippen molar-refractivity contribution in [1.82, 2.24) is 15.5 Å². The summed E-state index contributed by atoms with van der Waals surface area (Å²) in [5.74, 6) is 2.70. The van der Waals surface area contributed by atoms with Crippen LogP contribution in [0.1, 0.15) is 59.3 Å². The van der Waals surface area contributed by atoms with E-state index in [-0.39, 0.29) is 5.54 Å². The van der Waals surface area contributed by atoms with Crippen molar-refractivity contribution in [1.29, 1.82) is 0 Å². The van der Waals surface area contributed by atoms with E-state index in [1.165, 1.54) is 25.7 Å². The van der Waals surface area contributed by atoms with Crippen LogP contribution in [0.2, 0.25) is 0 Å². The predicted molar refractivity (Wildman–Crippen MR) is 106 cm³/mol. The number of aliphatic imine (C=N–C) groups is 1. The number of likely N-dealkylation sites (N-methyl/N-ethyl adjacent to an activating group) is 1. The van der Waals surface area contributed by atoms with Crippen LogP contribution < -0.4 is 10.6 Å². The van der Waals surface area contributed by atoms with Gasteiger partial charge in [-0.2, -0.15) is 0 Å². The second-order valence-electron chi connectivity index (χ2n) is 8.43. The molecule has 5 heteroatoms. The highest BCUT2D eigenvalue weighted by atomic mass is 16.5. The van der Waals surface area contributed by atoms with Gasteiger partial charge in [-0.15, -0.1) is 0 Å². The summed E-state index contributed by atoms with van der Waals surface area (Å²) in [6.45, 7) is 10.3. The molecule has 2 rings (SSSR count). The van der Waals surface area contributed by atoms with E-state index in [0.717, 1.165) is 56.9 Å². The molecule has 1 saturated heterocycles. The van der Waals surface area contributed by atoms with Crippen molar-refractivity contribution in [3.05, 3.63) is 0 Å². The van der Waals surface area contributed by atoms with Crippen molar-refractivity contribution in [2.24, 2.45) is 16.8 Å². The Bertz CT molecular complexity index is 408. The molecule has 0 aromatic heterocycles. The van der Waals surface area contributed by atoms with E-state index < -0.39 is 0 Å². The van der Waals surface area contributed by atoms with Crippen molar-refractivity contribution < 1.29 is 4.74 Å².